The minimum absolute atomic E-state index is 0.332. The number of ketones is 1. The number of Topliss-reactive ketones (excluding diaryl/α,β-unsaturated/α-hetero) is 1. The van der Waals surface area contributed by atoms with Crippen LogP contribution in [0.4, 0.5) is 0 Å². The van der Waals surface area contributed by atoms with Crippen molar-refractivity contribution in [1.82, 2.24) is 9.80 Å². The molecule has 3 nitrogen and oxygen atoms in total. The van der Waals surface area contributed by atoms with Crippen LogP contribution >= 0.6 is 0 Å². The van der Waals surface area contributed by atoms with Crippen LogP contribution in [0.25, 0.3) is 0 Å². The first kappa shape index (κ1) is 14.0. The van der Waals surface area contributed by atoms with Gasteiger partial charge in [0.2, 0.25) is 0 Å². The van der Waals surface area contributed by atoms with E-state index in [1.54, 1.807) is 6.92 Å². The third-order valence-corrected chi connectivity index (χ3v) is 4.43. The Bertz CT molecular complexity index is 253. The zero-order valence-corrected chi connectivity index (χ0v) is 11.9. The van der Waals surface area contributed by atoms with Gasteiger partial charge in [-0.15, -0.1) is 0 Å². The van der Waals surface area contributed by atoms with Gasteiger partial charge < -0.3 is 14.6 Å². The van der Waals surface area contributed by atoms with E-state index >= 15 is 0 Å². The highest BCUT2D eigenvalue weighted by Crippen LogP contribution is 2.20. The van der Waals surface area contributed by atoms with E-state index in [2.05, 4.69) is 9.80 Å². The fourth-order valence-corrected chi connectivity index (χ4v) is 3.27. The molecule has 2 fully saturated rings. The largest absolute Gasteiger partial charge is 0.303 e. The van der Waals surface area contributed by atoms with Gasteiger partial charge in [0.1, 0.15) is 5.78 Å². The van der Waals surface area contributed by atoms with Gasteiger partial charge in [0.15, 0.2) is 0 Å². The predicted molar refractivity (Wildman–Crippen MR) is 74.8 cm³/mol. The van der Waals surface area contributed by atoms with Crippen LogP contribution in [0, 0.1) is 5.92 Å². The van der Waals surface area contributed by atoms with Gasteiger partial charge in [-0.05, 0) is 77.7 Å². The first-order valence-electron chi connectivity index (χ1n) is 7.68. The Morgan fingerprint density at radius 1 is 1.06 bits per heavy atom. The van der Waals surface area contributed by atoms with Gasteiger partial charge in [-0.2, -0.15) is 0 Å². The molecule has 2 aliphatic heterocycles. The van der Waals surface area contributed by atoms with E-state index in [-0.39, 0.29) is 0 Å². The van der Waals surface area contributed by atoms with Crippen molar-refractivity contribution in [2.45, 2.75) is 45.4 Å². The highest BCUT2D eigenvalue weighted by molar-refractivity contribution is 5.75. The molecule has 0 aromatic heterocycles. The predicted octanol–water partition coefficient (Wildman–Crippen LogP) is 2.16. The molecule has 0 unspecified atom stereocenters. The van der Waals surface area contributed by atoms with Gasteiger partial charge >= 0.3 is 0 Å². The Labute approximate surface area is 112 Å². The van der Waals surface area contributed by atoms with E-state index in [1.807, 2.05) is 0 Å². The summed E-state index contributed by atoms with van der Waals surface area (Å²) >= 11 is 0. The second kappa shape index (κ2) is 7.25. The van der Waals surface area contributed by atoms with E-state index in [0.29, 0.717) is 5.78 Å². The van der Waals surface area contributed by atoms with E-state index in [9.17, 15) is 4.79 Å². The maximum atomic E-state index is 10.9. The van der Waals surface area contributed by atoms with Crippen LogP contribution in [0.1, 0.15) is 45.4 Å². The lowest BCUT2D eigenvalue weighted by molar-refractivity contribution is -0.117. The van der Waals surface area contributed by atoms with E-state index in [0.717, 1.165) is 25.3 Å². The molecule has 0 aliphatic carbocycles. The summed E-state index contributed by atoms with van der Waals surface area (Å²) < 4.78 is 0. The average molecular weight is 252 g/mol. The standard InChI is InChI=1S/C15H28N2O/c1-14(18)5-4-10-16-11-6-15(7-12-16)13-17-8-2-3-9-17/h15H,2-13H2,1H3. The summed E-state index contributed by atoms with van der Waals surface area (Å²) in [7, 11) is 0. The summed E-state index contributed by atoms with van der Waals surface area (Å²) in [6.07, 6.45) is 7.33. The average Bonchev–Trinajstić information content (AvgIpc) is 2.84. The van der Waals surface area contributed by atoms with Crippen molar-refractivity contribution in [1.29, 1.82) is 0 Å². The minimum atomic E-state index is 0.332. The molecule has 0 spiro atoms. The van der Waals surface area contributed by atoms with E-state index in [1.165, 1.54) is 58.4 Å². The Kier molecular flexibility index (Phi) is 5.64. The SMILES string of the molecule is CC(=O)CCCN1CCC(CN2CCCC2)CC1. The highest BCUT2D eigenvalue weighted by Gasteiger charge is 2.22. The molecule has 2 heterocycles. The molecule has 0 atom stereocenters. The van der Waals surface area contributed by atoms with E-state index < -0.39 is 0 Å². The molecule has 18 heavy (non-hydrogen) atoms. The minimum Gasteiger partial charge on any atom is -0.303 e. The van der Waals surface area contributed by atoms with Crippen LogP contribution in [-0.4, -0.2) is 54.9 Å². The lowest BCUT2D eigenvalue weighted by Crippen LogP contribution is -2.38. The Morgan fingerprint density at radius 3 is 2.33 bits per heavy atom. The lowest BCUT2D eigenvalue weighted by Gasteiger charge is -2.33. The molecule has 0 aromatic rings. The third kappa shape index (κ3) is 4.69. The van der Waals surface area contributed by atoms with Crippen molar-refractivity contribution in [2.75, 3.05) is 39.3 Å². The second-order valence-electron chi connectivity index (χ2n) is 6.10. The van der Waals surface area contributed by atoms with Crippen LogP contribution in [-0.2, 0) is 4.79 Å². The van der Waals surface area contributed by atoms with Crippen molar-refractivity contribution in [3.05, 3.63) is 0 Å². The smallest absolute Gasteiger partial charge is 0.129 e. The Morgan fingerprint density at radius 2 is 1.72 bits per heavy atom. The molecule has 0 amide bonds. The second-order valence-corrected chi connectivity index (χ2v) is 6.10. The molecule has 0 radical (unpaired) electrons. The number of carbonyl (C=O) groups excluding carboxylic acids is 1. The fraction of sp³-hybridized carbons (Fsp3) is 0.933. The molecule has 2 aliphatic rings. The van der Waals surface area contributed by atoms with Crippen LogP contribution in [0.5, 0.6) is 0 Å². The van der Waals surface area contributed by atoms with Crippen molar-refractivity contribution >= 4 is 5.78 Å². The number of nitrogens with zero attached hydrogens (tertiary/aromatic N) is 2. The summed E-state index contributed by atoms with van der Waals surface area (Å²) in [6, 6.07) is 0. The quantitative estimate of drug-likeness (QED) is 0.724. The first-order valence-corrected chi connectivity index (χ1v) is 7.68. The van der Waals surface area contributed by atoms with Crippen LogP contribution < -0.4 is 0 Å². The number of rotatable bonds is 6. The Hall–Kier alpha value is -0.410. The summed E-state index contributed by atoms with van der Waals surface area (Å²) in [6.45, 7) is 9.31. The van der Waals surface area contributed by atoms with Crippen molar-refractivity contribution in [2.24, 2.45) is 5.92 Å². The van der Waals surface area contributed by atoms with Gasteiger partial charge in [0.05, 0.1) is 0 Å². The van der Waals surface area contributed by atoms with Crippen molar-refractivity contribution in [3.63, 3.8) is 0 Å². The number of piperidine rings is 1. The van der Waals surface area contributed by atoms with Crippen LogP contribution in [0.3, 0.4) is 0 Å². The van der Waals surface area contributed by atoms with Gasteiger partial charge in [0.25, 0.3) is 0 Å². The fourth-order valence-electron chi connectivity index (χ4n) is 3.27. The van der Waals surface area contributed by atoms with Crippen LogP contribution in [0.2, 0.25) is 0 Å². The number of hydrogen-bond acceptors (Lipinski definition) is 3. The molecule has 0 N–H and O–H groups in total. The molecule has 104 valence electrons. The summed E-state index contributed by atoms with van der Waals surface area (Å²) in [4.78, 5) is 16.1. The molecule has 2 rings (SSSR count). The molecular weight excluding hydrogens is 224 g/mol. The number of hydrogen-bond donors (Lipinski definition) is 0. The summed E-state index contributed by atoms with van der Waals surface area (Å²) in [5.74, 6) is 1.26. The van der Waals surface area contributed by atoms with Gasteiger partial charge in [-0.3, -0.25) is 0 Å². The third-order valence-electron chi connectivity index (χ3n) is 4.43. The summed E-state index contributed by atoms with van der Waals surface area (Å²) in [5, 5.41) is 0. The van der Waals surface area contributed by atoms with Gasteiger partial charge in [-0.1, -0.05) is 0 Å². The molecule has 2 saturated heterocycles. The summed E-state index contributed by atoms with van der Waals surface area (Å²) in [5.41, 5.74) is 0. The van der Waals surface area contributed by atoms with Gasteiger partial charge in [0, 0.05) is 13.0 Å². The molecule has 3 heteroatoms. The van der Waals surface area contributed by atoms with Crippen molar-refractivity contribution < 1.29 is 4.79 Å². The molecule has 0 bridgehead atoms. The molecular formula is C15H28N2O. The molecule has 0 aromatic carbocycles. The zero-order chi connectivity index (χ0) is 12.8. The van der Waals surface area contributed by atoms with E-state index in [4.69, 9.17) is 0 Å². The normalized spacial score (nSPS) is 23.6. The molecule has 0 saturated carbocycles. The van der Waals surface area contributed by atoms with Crippen LogP contribution in [0.15, 0.2) is 0 Å². The topological polar surface area (TPSA) is 23.6 Å². The maximum absolute atomic E-state index is 10.9. The van der Waals surface area contributed by atoms with Gasteiger partial charge in [-0.25, -0.2) is 0 Å². The maximum Gasteiger partial charge on any atom is 0.129 e. The monoisotopic (exact) mass is 252 g/mol. The zero-order valence-electron chi connectivity index (χ0n) is 11.9. The van der Waals surface area contributed by atoms with Crippen molar-refractivity contribution in [3.8, 4) is 0 Å². The Balaban J connectivity index is 1.57. The number of carbonyl (C=O) groups is 1. The lowest BCUT2D eigenvalue weighted by atomic mass is 9.96. The first-order chi connectivity index (χ1) is 8.74. The highest BCUT2D eigenvalue weighted by atomic mass is 16.1. The number of likely N-dealkylation sites (tertiary alicyclic amines) is 2.